The highest BCUT2D eigenvalue weighted by atomic mass is 79.9. The van der Waals surface area contributed by atoms with Crippen molar-refractivity contribution in [2.24, 2.45) is 5.73 Å². The molecule has 3 rings (SSSR count). The van der Waals surface area contributed by atoms with Crippen molar-refractivity contribution in [1.29, 1.82) is 0 Å². The van der Waals surface area contributed by atoms with Gasteiger partial charge in [0.2, 0.25) is 0 Å². The molecule has 112 valence electrons. The largest absolute Gasteiger partial charge is 0.327 e. The van der Waals surface area contributed by atoms with Crippen LogP contribution in [0.2, 0.25) is 0 Å². The number of nitrogens with two attached hydrogens (primary N) is 1. The standard InChI is InChI=1S/C17H22BrN3/c1-2-13(19)9-12-7-8-16(14(18)10-12)21-11-20-15-5-3-4-6-17(15)21/h7-8,10-11,13H,2-6,9,19H2,1H3. The van der Waals surface area contributed by atoms with Crippen molar-refractivity contribution in [2.45, 2.75) is 51.5 Å². The average Bonchev–Trinajstić information content (AvgIpc) is 2.91. The van der Waals surface area contributed by atoms with Crippen LogP contribution in [0.1, 0.15) is 43.1 Å². The topological polar surface area (TPSA) is 43.8 Å². The first-order chi connectivity index (χ1) is 10.2. The Labute approximate surface area is 134 Å². The second-order valence-corrected chi connectivity index (χ2v) is 6.73. The normalized spacial score (nSPS) is 15.8. The van der Waals surface area contributed by atoms with Crippen molar-refractivity contribution in [3.63, 3.8) is 0 Å². The van der Waals surface area contributed by atoms with E-state index in [1.807, 2.05) is 6.33 Å². The minimum absolute atomic E-state index is 0.240. The maximum absolute atomic E-state index is 6.05. The first-order valence-electron chi connectivity index (χ1n) is 7.78. The molecule has 0 fully saturated rings. The molecule has 1 heterocycles. The molecule has 0 saturated heterocycles. The molecule has 21 heavy (non-hydrogen) atoms. The Balaban J connectivity index is 1.91. The molecule has 1 atom stereocenters. The summed E-state index contributed by atoms with van der Waals surface area (Å²) < 4.78 is 3.36. The molecule has 0 radical (unpaired) electrons. The molecule has 1 aromatic carbocycles. The van der Waals surface area contributed by atoms with E-state index in [0.29, 0.717) is 0 Å². The molecule has 2 N–H and O–H groups in total. The van der Waals surface area contributed by atoms with Crippen molar-refractivity contribution in [3.05, 3.63) is 46.0 Å². The fourth-order valence-corrected chi connectivity index (χ4v) is 3.61. The number of benzene rings is 1. The highest BCUT2D eigenvalue weighted by Gasteiger charge is 2.17. The maximum Gasteiger partial charge on any atom is 0.0998 e. The SMILES string of the molecule is CCC(N)Cc1ccc(-n2cnc3c2CCCC3)c(Br)c1. The summed E-state index contributed by atoms with van der Waals surface area (Å²) in [6.45, 7) is 2.13. The Bertz CT molecular complexity index is 633. The molecule has 0 saturated carbocycles. The van der Waals surface area contributed by atoms with E-state index in [-0.39, 0.29) is 6.04 Å². The lowest BCUT2D eigenvalue weighted by Crippen LogP contribution is -2.21. The average molecular weight is 348 g/mol. The van der Waals surface area contributed by atoms with Crippen LogP contribution in [0.25, 0.3) is 5.69 Å². The Morgan fingerprint density at radius 3 is 2.90 bits per heavy atom. The monoisotopic (exact) mass is 347 g/mol. The molecule has 0 amide bonds. The van der Waals surface area contributed by atoms with Crippen LogP contribution in [0, 0.1) is 0 Å². The third kappa shape index (κ3) is 3.06. The Kier molecular flexibility index (Phi) is 4.45. The smallest absolute Gasteiger partial charge is 0.0998 e. The Morgan fingerprint density at radius 1 is 1.33 bits per heavy atom. The van der Waals surface area contributed by atoms with Crippen LogP contribution in [-0.2, 0) is 19.3 Å². The van der Waals surface area contributed by atoms with Crippen molar-refractivity contribution < 1.29 is 0 Å². The van der Waals surface area contributed by atoms with Gasteiger partial charge in [-0.3, -0.25) is 0 Å². The van der Waals surface area contributed by atoms with Gasteiger partial charge in [-0.2, -0.15) is 0 Å². The number of aromatic nitrogens is 2. The minimum atomic E-state index is 0.240. The van der Waals surface area contributed by atoms with Crippen LogP contribution < -0.4 is 5.73 Å². The van der Waals surface area contributed by atoms with Gasteiger partial charge in [0.25, 0.3) is 0 Å². The van der Waals surface area contributed by atoms with Crippen molar-refractivity contribution in [3.8, 4) is 5.69 Å². The summed E-state index contributed by atoms with van der Waals surface area (Å²) in [5.74, 6) is 0. The summed E-state index contributed by atoms with van der Waals surface area (Å²) in [6, 6.07) is 6.80. The number of aryl methyl sites for hydroxylation is 1. The number of hydrogen-bond acceptors (Lipinski definition) is 2. The molecule has 4 heteroatoms. The van der Waals surface area contributed by atoms with Gasteiger partial charge in [0.05, 0.1) is 17.7 Å². The Morgan fingerprint density at radius 2 is 2.14 bits per heavy atom. The van der Waals surface area contributed by atoms with Gasteiger partial charge in [-0.15, -0.1) is 0 Å². The molecule has 1 aromatic heterocycles. The molecule has 1 unspecified atom stereocenters. The number of nitrogens with zero attached hydrogens (tertiary/aromatic N) is 2. The van der Waals surface area contributed by atoms with Crippen LogP contribution in [0.3, 0.4) is 0 Å². The first kappa shape index (κ1) is 14.8. The van der Waals surface area contributed by atoms with E-state index < -0.39 is 0 Å². The van der Waals surface area contributed by atoms with Crippen LogP contribution in [0.15, 0.2) is 29.0 Å². The van der Waals surface area contributed by atoms with Gasteiger partial charge in [-0.25, -0.2) is 4.98 Å². The summed E-state index contributed by atoms with van der Waals surface area (Å²) in [6.07, 6.45) is 8.67. The van der Waals surface area contributed by atoms with Gasteiger partial charge in [0, 0.05) is 16.2 Å². The van der Waals surface area contributed by atoms with Gasteiger partial charge >= 0.3 is 0 Å². The number of hydrogen-bond donors (Lipinski definition) is 1. The molecule has 1 aliphatic rings. The molecule has 3 nitrogen and oxygen atoms in total. The van der Waals surface area contributed by atoms with Gasteiger partial charge < -0.3 is 10.3 Å². The number of halogens is 1. The van der Waals surface area contributed by atoms with Crippen molar-refractivity contribution >= 4 is 15.9 Å². The predicted molar refractivity (Wildman–Crippen MR) is 89.9 cm³/mol. The second kappa shape index (κ2) is 6.32. The van der Waals surface area contributed by atoms with Crippen LogP contribution in [0.5, 0.6) is 0 Å². The second-order valence-electron chi connectivity index (χ2n) is 5.87. The fraction of sp³-hybridized carbons (Fsp3) is 0.471. The van der Waals surface area contributed by atoms with Gasteiger partial charge in [-0.05, 0) is 72.2 Å². The molecule has 0 bridgehead atoms. The number of imidazole rings is 1. The number of fused-ring (bicyclic) bond motifs is 1. The van der Waals surface area contributed by atoms with Crippen molar-refractivity contribution in [1.82, 2.24) is 9.55 Å². The summed E-state index contributed by atoms with van der Waals surface area (Å²) in [4.78, 5) is 4.58. The summed E-state index contributed by atoms with van der Waals surface area (Å²) in [5, 5.41) is 0. The third-order valence-electron chi connectivity index (χ3n) is 4.32. The summed E-state index contributed by atoms with van der Waals surface area (Å²) in [7, 11) is 0. The fourth-order valence-electron chi connectivity index (χ4n) is 3.00. The molecular formula is C17H22BrN3. The van der Waals surface area contributed by atoms with Crippen molar-refractivity contribution in [2.75, 3.05) is 0 Å². The van der Waals surface area contributed by atoms with Crippen LogP contribution in [-0.4, -0.2) is 15.6 Å². The lowest BCUT2D eigenvalue weighted by atomic mass is 10.0. The maximum atomic E-state index is 6.05. The number of rotatable bonds is 4. The quantitative estimate of drug-likeness (QED) is 0.914. The van der Waals surface area contributed by atoms with E-state index >= 15 is 0 Å². The highest BCUT2D eigenvalue weighted by Crippen LogP contribution is 2.28. The highest BCUT2D eigenvalue weighted by molar-refractivity contribution is 9.10. The van der Waals surface area contributed by atoms with E-state index in [0.717, 1.165) is 30.2 Å². The molecule has 1 aliphatic carbocycles. The molecule has 2 aromatic rings. The van der Waals surface area contributed by atoms with E-state index in [2.05, 4.69) is 50.6 Å². The zero-order valence-corrected chi connectivity index (χ0v) is 14.1. The lowest BCUT2D eigenvalue weighted by molar-refractivity contribution is 0.645. The summed E-state index contributed by atoms with van der Waals surface area (Å²) >= 11 is 3.72. The first-order valence-corrected chi connectivity index (χ1v) is 8.57. The third-order valence-corrected chi connectivity index (χ3v) is 4.96. The molecule has 0 spiro atoms. The van der Waals surface area contributed by atoms with Gasteiger partial charge in [-0.1, -0.05) is 13.0 Å². The molecular weight excluding hydrogens is 326 g/mol. The molecule has 0 aliphatic heterocycles. The van der Waals surface area contributed by atoms with E-state index in [4.69, 9.17) is 5.73 Å². The zero-order chi connectivity index (χ0) is 14.8. The van der Waals surface area contributed by atoms with Gasteiger partial charge in [0.15, 0.2) is 0 Å². The van der Waals surface area contributed by atoms with Crippen LogP contribution in [0.4, 0.5) is 0 Å². The van der Waals surface area contributed by atoms with E-state index in [1.165, 1.54) is 35.5 Å². The Hall–Kier alpha value is -1.13. The van der Waals surface area contributed by atoms with E-state index in [1.54, 1.807) is 0 Å². The lowest BCUT2D eigenvalue weighted by Gasteiger charge is -2.16. The summed E-state index contributed by atoms with van der Waals surface area (Å²) in [5.41, 5.74) is 11.2. The van der Waals surface area contributed by atoms with Crippen LogP contribution >= 0.6 is 15.9 Å². The predicted octanol–water partition coefficient (Wildman–Crippen LogP) is 3.79. The van der Waals surface area contributed by atoms with Gasteiger partial charge in [0.1, 0.15) is 0 Å². The zero-order valence-electron chi connectivity index (χ0n) is 12.5. The van der Waals surface area contributed by atoms with E-state index in [9.17, 15) is 0 Å². The minimum Gasteiger partial charge on any atom is -0.327 e.